The van der Waals surface area contributed by atoms with Crippen molar-refractivity contribution in [3.63, 3.8) is 0 Å². The molecule has 0 spiro atoms. The van der Waals surface area contributed by atoms with Crippen molar-refractivity contribution in [3.8, 4) is 5.75 Å². The Hall–Kier alpha value is -2.88. The number of fused-ring (bicyclic) bond motifs is 1. The number of methoxy groups -OCH3 is 1. The second-order valence-electron chi connectivity index (χ2n) is 5.33. The van der Waals surface area contributed by atoms with Gasteiger partial charge in [-0.2, -0.15) is 0 Å². The van der Waals surface area contributed by atoms with E-state index < -0.39 is 0 Å². The molecule has 23 heavy (non-hydrogen) atoms. The summed E-state index contributed by atoms with van der Waals surface area (Å²) in [4.78, 5) is 16.9. The number of pyridine rings is 1. The van der Waals surface area contributed by atoms with Crippen LogP contribution in [0.5, 0.6) is 5.75 Å². The Morgan fingerprint density at radius 1 is 1.04 bits per heavy atom. The lowest BCUT2D eigenvalue weighted by molar-refractivity contribution is 0.0935. The Balaban J connectivity index is 1.82. The highest BCUT2D eigenvalue weighted by Gasteiger charge is 2.15. The molecule has 1 N–H and O–H groups in total. The van der Waals surface area contributed by atoms with E-state index >= 15 is 0 Å². The fraction of sp³-hybridized carbons (Fsp3) is 0.158. The van der Waals surface area contributed by atoms with Crippen LogP contribution in [0.3, 0.4) is 0 Å². The van der Waals surface area contributed by atoms with Crippen LogP contribution in [0.25, 0.3) is 10.9 Å². The topological polar surface area (TPSA) is 51.2 Å². The van der Waals surface area contributed by atoms with Gasteiger partial charge in [-0.3, -0.25) is 4.79 Å². The van der Waals surface area contributed by atoms with Crippen LogP contribution in [0.1, 0.15) is 29.0 Å². The Morgan fingerprint density at radius 2 is 1.78 bits per heavy atom. The van der Waals surface area contributed by atoms with E-state index in [1.54, 1.807) is 13.2 Å². The molecule has 0 aliphatic rings. The first-order valence-corrected chi connectivity index (χ1v) is 7.48. The van der Waals surface area contributed by atoms with E-state index in [1.807, 2.05) is 61.5 Å². The molecule has 1 aromatic heterocycles. The van der Waals surface area contributed by atoms with Gasteiger partial charge in [0.25, 0.3) is 5.91 Å². The van der Waals surface area contributed by atoms with Crippen LogP contribution in [0.2, 0.25) is 0 Å². The van der Waals surface area contributed by atoms with Crippen LogP contribution in [0.4, 0.5) is 0 Å². The molecule has 0 unspecified atom stereocenters. The minimum atomic E-state index is -0.200. The first-order chi connectivity index (χ1) is 11.2. The second kappa shape index (κ2) is 6.48. The zero-order chi connectivity index (χ0) is 16.2. The Bertz CT molecular complexity index is 845. The molecule has 0 bridgehead atoms. The molecule has 3 aromatic rings. The van der Waals surface area contributed by atoms with E-state index in [9.17, 15) is 4.79 Å². The largest absolute Gasteiger partial charge is 0.496 e. The van der Waals surface area contributed by atoms with Crippen molar-refractivity contribution in [1.29, 1.82) is 0 Å². The summed E-state index contributed by atoms with van der Waals surface area (Å²) in [6.45, 7) is 1.93. The molecule has 0 saturated carbocycles. The number of ether oxygens (including phenoxy) is 1. The molecule has 0 radical (unpaired) electrons. The number of hydrogen-bond acceptors (Lipinski definition) is 3. The molecule has 1 heterocycles. The summed E-state index contributed by atoms with van der Waals surface area (Å²) >= 11 is 0. The predicted molar refractivity (Wildman–Crippen MR) is 90.6 cm³/mol. The molecule has 0 saturated heterocycles. The lowest BCUT2D eigenvalue weighted by Crippen LogP contribution is -2.27. The highest BCUT2D eigenvalue weighted by atomic mass is 16.5. The zero-order valence-electron chi connectivity index (χ0n) is 13.1. The van der Waals surface area contributed by atoms with Gasteiger partial charge in [0.15, 0.2) is 0 Å². The molecule has 0 aliphatic carbocycles. The molecule has 4 nitrogen and oxygen atoms in total. The average Bonchev–Trinajstić information content (AvgIpc) is 2.61. The van der Waals surface area contributed by atoms with Gasteiger partial charge < -0.3 is 10.1 Å². The number of amides is 1. The van der Waals surface area contributed by atoms with Gasteiger partial charge >= 0.3 is 0 Å². The smallest absolute Gasteiger partial charge is 0.270 e. The maximum absolute atomic E-state index is 12.5. The molecular formula is C19H18N2O2. The van der Waals surface area contributed by atoms with Gasteiger partial charge in [0, 0.05) is 10.9 Å². The number of benzene rings is 2. The van der Waals surface area contributed by atoms with Gasteiger partial charge in [-0.25, -0.2) is 4.98 Å². The maximum atomic E-state index is 12.5. The van der Waals surface area contributed by atoms with Crippen LogP contribution in [-0.4, -0.2) is 18.0 Å². The lowest BCUT2D eigenvalue weighted by atomic mass is 10.1. The van der Waals surface area contributed by atoms with Crippen LogP contribution in [0, 0.1) is 0 Å². The fourth-order valence-corrected chi connectivity index (χ4v) is 2.56. The van der Waals surface area contributed by atoms with E-state index in [4.69, 9.17) is 4.74 Å². The minimum Gasteiger partial charge on any atom is -0.496 e. The summed E-state index contributed by atoms with van der Waals surface area (Å²) in [5.41, 5.74) is 2.15. The number of carbonyl (C=O) groups excluding carboxylic acids is 1. The Kier molecular flexibility index (Phi) is 4.24. The standard InChI is InChI=1S/C19H18N2O2/c1-13(15-8-4-6-10-18(15)23-2)20-19(22)17-12-11-14-7-3-5-9-16(14)21-17/h3-13H,1-2H3,(H,20,22)/t13-/m0/s1. The number of para-hydroxylation sites is 2. The summed E-state index contributed by atoms with van der Waals surface area (Å²) < 4.78 is 5.34. The van der Waals surface area contributed by atoms with Crippen molar-refractivity contribution >= 4 is 16.8 Å². The number of nitrogens with zero attached hydrogens (tertiary/aromatic N) is 1. The third kappa shape index (κ3) is 3.16. The van der Waals surface area contributed by atoms with Crippen LogP contribution < -0.4 is 10.1 Å². The molecule has 1 amide bonds. The van der Waals surface area contributed by atoms with E-state index in [1.165, 1.54) is 0 Å². The molecule has 3 rings (SSSR count). The summed E-state index contributed by atoms with van der Waals surface area (Å²) in [5.74, 6) is 0.556. The van der Waals surface area contributed by atoms with Crippen molar-refractivity contribution in [2.75, 3.05) is 7.11 Å². The van der Waals surface area contributed by atoms with E-state index in [0.29, 0.717) is 5.69 Å². The molecular weight excluding hydrogens is 288 g/mol. The summed E-state index contributed by atoms with van der Waals surface area (Å²) in [6.07, 6.45) is 0. The minimum absolute atomic E-state index is 0.174. The molecule has 1 atom stereocenters. The monoisotopic (exact) mass is 306 g/mol. The normalized spacial score (nSPS) is 11.9. The predicted octanol–water partition coefficient (Wildman–Crippen LogP) is 3.73. The third-order valence-electron chi connectivity index (χ3n) is 3.78. The average molecular weight is 306 g/mol. The molecule has 116 valence electrons. The van der Waals surface area contributed by atoms with Crippen LogP contribution >= 0.6 is 0 Å². The van der Waals surface area contributed by atoms with Crippen molar-refractivity contribution in [2.24, 2.45) is 0 Å². The number of nitrogens with one attached hydrogen (secondary N) is 1. The van der Waals surface area contributed by atoms with Crippen molar-refractivity contribution in [3.05, 3.63) is 71.9 Å². The van der Waals surface area contributed by atoms with Gasteiger partial charge in [-0.1, -0.05) is 42.5 Å². The van der Waals surface area contributed by atoms with E-state index in [2.05, 4.69) is 10.3 Å². The van der Waals surface area contributed by atoms with Crippen LogP contribution in [0.15, 0.2) is 60.7 Å². The maximum Gasteiger partial charge on any atom is 0.270 e. The summed E-state index contributed by atoms with van der Waals surface area (Å²) in [6, 6.07) is 18.9. The molecule has 2 aromatic carbocycles. The lowest BCUT2D eigenvalue weighted by Gasteiger charge is -2.17. The van der Waals surface area contributed by atoms with Crippen LogP contribution in [-0.2, 0) is 0 Å². The quantitative estimate of drug-likeness (QED) is 0.799. The SMILES string of the molecule is COc1ccccc1[C@H](C)NC(=O)c1ccc2ccccc2n1. The summed E-state index contributed by atoms with van der Waals surface area (Å²) in [5, 5.41) is 3.99. The first-order valence-electron chi connectivity index (χ1n) is 7.48. The first kappa shape index (κ1) is 15.0. The van der Waals surface area contributed by atoms with Gasteiger partial charge in [0.05, 0.1) is 18.7 Å². The Morgan fingerprint density at radius 3 is 2.61 bits per heavy atom. The highest BCUT2D eigenvalue weighted by molar-refractivity contribution is 5.95. The van der Waals surface area contributed by atoms with Gasteiger partial charge in [0.2, 0.25) is 0 Å². The van der Waals surface area contributed by atoms with E-state index in [0.717, 1.165) is 22.2 Å². The number of aromatic nitrogens is 1. The second-order valence-corrected chi connectivity index (χ2v) is 5.33. The van der Waals surface area contributed by atoms with Crippen molar-refractivity contribution in [1.82, 2.24) is 10.3 Å². The number of hydrogen-bond donors (Lipinski definition) is 1. The van der Waals surface area contributed by atoms with Crippen molar-refractivity contribution < 1.29 is 9.53 Å². The summed E-state index contributed by atoms with van der Waals surface area (Å²) in [7, 11) is 1.62. The molecule has 4 heteroatoms. The zero-order valence-corrected chi connectivity index (χ0v) is 13.1. The fourth-order valence-electron chi connectivity index (χ4n) is 2.56. The number of carbonyl (C=O) groups is 1. The van der Waals surface area contributed by atoms with Gasteiger partial charge in [-0.05, 0) is 25.1 Å². The molecule has 0 fully saturated rings. The Labute approximate surface area is 135 Å². The van der Waals surface area contributed by atoms with Crippen molar-refractivity contribution in [2.45, 2.75) is 13.0 Å². The van der Waals surface area contributed by atoms with Gasteiger partial charge in [-0.15, -0.1) is 0 Å². The highest BCUT2D eigenvalue weighted by Crippen LogP contribution is 2.24. The van der Waals surface area contributed by atoms with E-state index in [-0.39, 0.29) is 11.9 Å². The molecule has 0 aliphatic heterocycles. The number of rotatable bonds is 4. The third-order valence-corrected chi connectivity index (χ3v) is 3.78. The van der Waals surface area contributed by atoms with Gasteiger partial charge in [0.1, 0.15) is 11.4 Å².